The lowest BCUT2D eigenvalue weighted by molar-refractivity contribution is 1.18. The average molecular weight is 613 g/mol. The molecule has 4 nitrogen and oxygen atoms in total. The van der Waals surface area contributed by atoms with Gasteiger partial charge in [0.25, 0.3) is 0 Å². The van der Waals surface area contributed by atoms with Crippen molar-refractivity contribution in [2.24, 2.45) is 0 Å². The molecule has 2 aromatic heterocycles. The highest BCUT2D eigenvalue weighted by molar-refractivity contribution is 6.15. The van der Waals surface area contributed by atoms with Gasteiger partial charge < -0.3 is 0 Å². The third kappa shape index (κ3) is 4.88. The van der Waals surface area contributed by atoms with Crippen LogP contribution in [-0.4, -0.2) is 19.9 Å². The van der Waals surface area contributed by atoms with E-state index >= 15 is 0 Å². The molecular weight excluding hydrogens is 585 g/mol. The minimum absolute atomic E-state index is 0.668. The van der Waals surface area contributed by atoms with Gasteiger partial charge in [-0.25, -0.2) is 19.9 Å². The average Bonchev–Trinajstić information content (AvgIpc) is 3.17. The van der Waals surface area contributed by atoms with Gasteiger partial charge in [0.2, 0.25) is 0 Å². The number of aromatic nitrogens is 4. The van der Waals surface area contributed by atoms with E-state index in [2.05, 4.69) is 109 Å². The highest BCUT2D eigenvalue weighted by Gasteiger charge is 2.18. The zero-order valence-electron chi connectivity index (χ0n) is 26.0. The van der Waals surface area contributed by atoms with Crippen LogP contribution in [0.25, 0.3) is 88.9 Å². The van der Waals surface area contributed by atoms with Crippen molar-refractivity contribution in [3.63, 3.8) is 0 Å². The van der Waals surface area contributed by atoms with Crippen LogP contribution in [0.15, 0.2) is 170 Å². The van der Waals surface area contributed by atoms with Crippen molar-refractivity contribution in [1.82, 2.24) is 19.9 Å². The number of fused-ring (bicyclic) bond motifs is 4. The summed E-state index contributed by atoms with van der Waals surface area (Å²) < 4.78 is 0. The van der Waals surface area contributed by atoms with E-state index in [0.29, 0.717) is 11.6 Å². The first-order valence-electron chi connectivity index (χ1n) is 16.1. The molecule has 7 aromatic carbocycles. The van der Waals surface area contributed by atoms with Crippen molar-refractivity contribution in [2.45, 2.75) is 0 Å². The van der Waals surface area contributed by atoms with Gasteiger partial charge in [0.05, 0.1) is 16.9 Å². The van der Waals surface area contributed by atoms with Crippen LogP contribution in [0, 0.1) is 0 Å². The summed E-state index contributed by atoms with van der Waals surface area (Å²) in [6.07, 6.45) is 1.93. The minimum Gasteiger partial charge on any atom is -0.236 e. The smallest absolute Gasteiger partial charge is 0.160 e. The fourth-order valence-corrected chi connectivity index (χ4v) is 6.62. The lowest BCUT2D eigenvalue weighted by Gasteiger charge is -2.15. The van der Waals surface area contributed by atoms with Crippen LogP contribution in [0.2, 0.25) is 0 Å². The van der Waals surface area contributed by atoms with Crippen molar-refractivity contribution in [3.05, 3.63) is 170 Å². The molecule has 0 saturated carbocycles. The van der Waals surface area contributed by atoms with Gasteiger partial charge in [-0.15, -0.1) is 0 Å². The molecular formula is C44H28N4. The van der Waals surface area contributed by atoms with Gasteiger partial charge in [0.1, 0.15) is 0 Å². The third-order valence-electron chi connectivity index (χ3n) is 8.93. The molecule has 0 aliphatic heterocycles. The maximum Gasteiger partial charge on any atom is 0.160 e. The number of para-hydroxylation sites is 1. The SMILES string of the molecule is c1ccc(-c2ncc(-c3ccccc3)c(-c3cccc(-c4nc(-c5cc6ccccc6c6ccccc56)c5ccccc5n4)c3)n2)cc1. The molecule has 4 heteroatoms. The maximum atomic E-state index is 5.33. The van der Waals surface area contributed by atoms with Gasteiger partial charge in [0.15, 0.2) is 11.6 Å². The summed E-state index contributed by atoms with van der Waals surface area (Å²) in [6, 6.07) is 56.5. The fraction of sp³-hybridized carbons (Fsp3) is 0. The van der Waals surface area contributed by atoms with Crippen LogP contribution in [0.5, 0.6) is 0 Å². The largest absolute Gasteiger partial charge is 0.236 e. The second-order valence-corrected chi connectivity index (χ2v) is 11.9. The van der Waals surface area contributed by atoms with E-state index in [4.69, 9.17) is 19.9 Å². The summed E-state index contributed by atoms with van der Waals surface area (Å²) in [7, 11) is 0. The Morgan fingerprint density at radius 1 is 0.333 bits per heavy atom. The van der Waals surface area contributed by atoms with Gasteiger partial charge >= 0.3 is 0 Å². The molecule has 0 unspecified atom stereocenters. The zero-order valence-corrected chi connectivity index (χ0v) is 26.0. The minimum atomic E-state index is 0.668. The molecule has 0 amide bonds. The molecule has 48 heavy (non-hydrogen) atoms. The summed E-state index contributed by atoms with van der Waals surface area (Å²) >= 11 is 0. The van der Waals surface area contributed by atoms with E-state index in [0.717, 1.165) is 55.7 Å². The third-order valence-corrected chi connectivity index (χ3v) is 8.93. The van der Waals surface area contributed by atoms with Crippen molar-refractivity contribution in [1.29, 1.82) is 0 Å². The van der Waals surface area contributed by atoms with Crippen LogP contribution in [-0.2, 0) is 0 Å². The number of rotatable bonds is 5. The summed E-state index contributed by atoms with van der Waals surface area (Å²) in [6.45, 7) is 0. The van der Waals surface area contributed by atoms with Crippen molar-refractivity contribution >= 4 is 32.4 Å². The van der Waals surface area contributed by atoms with Gasteiger partial charge in [-0.05, 0) is 45.3 Å². The number of hydrogen-bond donors (Lipinski definition) is 0. The van der Waals surface area contributed by atoms with Gasteiger partial charge in [0, 0.05) is 39.4 Å². The van der Waals surface area contributed by atoms with E-state index in [-0.39, 0.29) is 0 Å². The van der Waals surface area contributed by atoms with Crippen LogP contribution < -0.4 is 0 Å². The first-order chi connectivity index (χ1) is 23.8. The summed E-state index contributed by atoms with van der Waals surface area (Å²) in [5, 5.41) is 5.82. The second kappa shape index (κ2) is 11.7. The van der Waals surface area contributed by atoms with E-state index in [1.54, 1.807) is 0 Å². The van der Waals surface area contributed by atoms with Gasteiger partial charge in [-0.2, -0.15) is 0 Å². The number of nitrogens with zero attached hydrogens (tertiary/aromatic N) is 4. The summed E-state index contributed by atoms with van der Waals surface area (Å²) in [5.74, 6) is 1.35. The van der Waals surface area contributed by atoms with Gasteiger partial charge in [-0.1, -0.05) is 146 Å². The van der Waals surface area contributed by atoms with Crippen LogP contribution in [0.3, 0.4) is 0 Å². The zero-order chi connectivity index (χ0) is 31.9. The lowest BCUT2D eigenvalue weighted by atomic mass is 9.94. The first-order valence-corrected chi connectivity index (χ1v) is 16.1. The number of hydrogen-bond acceptors (Lipinski definition) is 4. The standard InChI is InChI=1S/C44H28N4/c1-3-14-29(15-4-1)39-28-45-43(30-16-5-2-6-17-30)47-41(39)32-19-13-20-33(26-32)44-46-40-25-12-11-24-37(40)42(48-44)38-27-31-18-7-8-21-34(31)35-22-9-10-23-36(35)38/h1-28H. The molecule has 0 radical (unpaired) electrons. The molecule has 0 fully saturated rings. The predicted molar refractivity (Wildman–Crippen MR) is 197 cm³/mol. The second-order valence-electron chi connectivity index (χ2n) is 11.9. The normalized spacial score (nSPS) is 11.3. The van der Waals surface area contributed by atoms with E-state index in [9.17, 15) is 0 Å². The molecule has 2 heterocycles. The topological polar surface area (TPSA) is 51.6 Å². The Bertz CT molecular complexity index is 2610. The fourth-order valence-electron chi connectivity index (χ4n) is 6.62. The Hall–Kier alpha value is -6.52. The van der Waals surface area contributed by atoms with Crippen molar-refractivity contribution < 1.29 is 0 Å². The Labute approximate surface area is 278 Å². The molecule has 9 rings (SSSR count). The molecule has 9 aromatic rings. The summed E-state index contributed by atoms with van der Waals surface area (Å²) in [5.41, 5.74) is 8.66. The first kappa shape index (κ1) is 27.8. The Morgan fingerprint density at radius 2 is 0.938 bits per heavy atom. The Kier molecular flexibility index (Phi) is 6.76. The van der Waals surface area contributed by atoms with E-state index in [1.165, 1.54) is 21.5 Å². The van der Waals surface area contributed by atoms with Crippen molar-refractivity contribution in [3.8, 4) is 56.4 Å². The lowest BCUT2D eigenvalue weighted by Crippen LogP contribution is -1.98. The Balaban J connectivity index is 1.25. The monoisotopic (exact) mass is 612 g/mol. The highest BCUT2D eigenvalue weighted by Crippen LogP contribution is 2.39. The predicted octanol–water partition coefficient (Wildman–Crippen LogP) is 11.1. The molecule has 0 aliphatic carbocycles. The highest BCUT2D eigenvalue weighted by atomic mass is 14.9. The van der Waals surface area contributed by atoms with E-state index < -0.39 is 0 Å². The molecule has 0 atom stereocenters. The van der Waals surface area contributed by atoms with E-state index in [1.807, 2.05) is 60.8 Å². The molecule has 224 valence electrons. The molecule has 0 saturated heterocycles. The molecule has 0 N–H and O–H groups in total. The van der Waals surface area contributed by atoms with Crippen molar-refractivity contribution in [2.75, 3.05) is 0 Å². The number of benzene rings is 7. The van der Waals surface area contributed by atoms with Crippen LogP contribution in [0.1, 0.15) is 0 Å². The van der Waals surface area contributed by atoms with Gasteiger partial charge in [-0.3, -0.25) is 0 Å². The quantitative estimate of drug-likeness (QED) is 0.181. The molecule has 0 bridgehead atoms. The van der Waals surface area contributed by atoms with Crippen LogP contribution >= 0.6 is 0 Å². The maximum absolute atomic E-state index is 5.33. The van der Waals surface area contributed by atoms with Crippen LogP contribution in [0.4, 0.5) is 0 Å². The molecule has 0 aliphatic rings. The summed E-state index contributed by atoms with van der Waals surface area (Å²) in [4.78, 5) is 20.4. The molecule has 0 spiro atoms. The Morgan fingerprint density at radius 3 is 1.75 bits per heavy atom.